The molecule has 1 unspecified atom stereocenters. The molecule has 2 heterocycles. The first-order chi connectivity index (χ1) is 8.31. The van der Waals surface area contributed by atoms with Gasteiger partial charge in [-0.05, 0) is 31.7 Å². The fourth-order valence-corrected chi connectivity index (χ4v) is 2.46. The number of nitrogens with zero attached hydrogens (tertiary/aromatic N) is 2. The molecule has 1 saturated heterocycles. The summed E-state index contributed by atoms with van der Waals surface area (Å²) in [6, 6.07) is 3.19. The van der Waals surface area contributed by atoms with E-state index < -0.39 is 0 Å². The average molecular weight is 234 g/mol. The van der Waals surface area contributed by atoms with E-state index in [9.17, 15) is 4.79 Å². The van der Waals surface area contributed by atoms with E-state index in [1.807, 2.05) is 6.07 Å². The van der Waals surface area contributed by atoms with Crippen LogP contribution in [0.3, 0.4) is 0 Å². The molecule has 1 aliphatic carbocycles. The summed E-state index contributed by atoms with van der Waals surface area (Å²) in [6.45, 7) is 2.00. The van der Waals surface area contributed by atoms with E-state index in [0.717, 1.165) is 24.9 Å². The normalized spacial score (nSPS) is 24.9. The van der Waals surface area contributed by atoms with Crippen LogP contribution < -0.4 is 15.9 Å². The van der Waals surface area contributed by atoms with Gasteiger partial charge >= 0.3 is 5.69 Å². The van der Waals surface area contributed by atoms with Crippen molar-refractivity contribution in [1.29, 1.82) is 0 Å². The van der Waals surface area contributed by atoms with E-state index in [1.54, 1.807) is 6.20 Å². The predicted octanol–water partition coefficient (Wildman–Crippen LogP) is 0.491. The molecule has 1 aliphatic heterocycles. The number of rotatable bonds is 3. The molecule has 5 heteroatoms. The van der Waals surface area contributed by atoms with Crippen LogP contribution in [-0.2, 0) is 0 Å². The lowest BCUT2D eigenvalue weighted by Gasteiger charge is -2.34. The van der Waals surface area contributed by atoms with Crippen LogP contribution in [0.2, 0.25) is 0 Å². The average Bonchev–Trinajstić information content (AvgIpc) is 3.13. The van der Waals surface area contributed by atoms with Crippen molar-refractivity contribution in [2.24, 2.45) is 0 Å². The van der Waals surface area contributed by atoms with Gasteiger partial charge in [-0.2, -0.15) is 0 Å². The monoisotopic (exact) mass is 234 g/mol. The maximum atomic E-state index is 11.2. The van der Waals surface area contributed by atoms with Crippen LogP contribution in [0, 0.1) is 0 Å². The summed E-state index contributed by atoms with van der Waals surface area (Å²) < 4.78 is 0. The first kappa shape index (κ1) is 10.8. The lowest BCUT2D eigenvalue weighted by Crippen LogP contribution is -2.47. The van der Waals surface area contributed by atoms with Gasteiger partial charge in [0.2, 0.25) is 0 Å². The number of hydrogen-bond donors (Lipinski definition) is 2. The molecule has 92 valence electrons. The molecular formula is C12H18N4O. The van der Waals surface area contributed by atoms with Crippen molar-refractivity contribution >= 4 is 5.82 Å². The minimum absolute atomic E-state index is 0.264. The van der Waals surface area contributed by atoms with Crippen molar-refractivity contribution in [2.45, 2.75) is 37.8 Å². The van der Waals surface area contributed by atoms with Gasteiger partial charge in [0.05, 0.1) is 0 Å². The van der Waals surface area contributed by atoms with Crippen LogP contribution >= 0.6 is 0 Å². The van der Waals surface area contributed by atoms with Crippen LogP contribution in [0.15, 0.2) is 17.1 Å². The molecule has 5 nitrogen and oxygen atoms in total. The predicted molar refractivity (Wildman–Crippen MR) is 66.3 cm³/mol. The number of hydrogen-bond acceptors (Lipinski definition) is 4. The zero-order valence-corrected chi connectivity index (χ0v) is 9.85. The highest BCUT2D eigenvalue weighted by Gasteiger charge is 2.27. The number of H-pyrrole nitrogens is 1. The third-order valence-electron chi connectivity index (χ3n) is 3.47. The fraction of sp³-hybridized carbons (Fsp3) is 0.667. The van der Waals surface area contributed by atoms with Crippen molar-refractivity contribution in [1.82, 2.24) is 15.3 Å². The molecule has 2 fully saturated rings. The van der Waals surface area contributed by atoms with Crippen molar-refractivity contribution in [2.75, 3.05) is 18.0 Å². The van der Waals surface area contributed by atoms with Crippen molar-refractivity contribution in [3.63, 3.8) is 0 Å². The molecule has 2 N–H and O–H groups in total. The van der Waals surface area contributed by atoms with E-state index in [4.69, 9.17) is 0 Å². The molecule has 0 spiro atoms. The van der Waals surface area contributed by atoms with Crippen molar-refractivity contribution < 1.29 is 0 Å². The second kappa shape index (κ2) is 4.49. The Hall–Kier alpha value is -1.36. The molecule has 3 rings (SSSR count). The summed E-state index contributed by atoms with van der Waals surface area (Å²) in [5.41, 5.74) is -0.264. The summed E-state index contributed by atoms with van der Waals surface area (Å²) in [5.74, 6) is 0.896. The van der Waals surface area contributed by atoms with Gasteiger partial charge in [0.25, 0.3) is 0 Å². The van der Waals surface area contributed by atoms with Gasteiger partial charge in [-0.1, -0.05) is 0 Å². The standard InChI is InChI=1S/C12H18N4O/c17-12-13-6-5-11(15-12)16-7-1-2-10(8-16)14-9-3-4-9/h5-6,9-10,14H,1-4,7-8H2,(H,13,15,17). The first-order valence-corrected chi connectivity index (χ1v) is 6.37. The Labute approximate surface area is 100 Å². The zero-order valence-electron chi connectivity index (χ0n) is 9.85. The van der Waals surface area contributed by atoms with Crippen LogP contribution in [-0.4, -0.2) is 35.1 Å². The third-order valence-corrected chi connectivity index (χ3v) is 3.47. The van der Waals surface area contributed by atoms with Gasteiger partial charge in [-0.15, -0.1) is 0 Å². The highest BCUT2D eigenvalue weighted by atomic mass is 16.1. The van der Waals surface area contributed by atoms with Gasteiger partial charge in [-0.3, -0.25) is 4.98 Å². The Balaban J connectivity index is 1.67. The summed E-state index contributed by atoms with van der Waals surface area (Å²) in [5, 5.41) is 3.66. The molecular weight excluding hydrogens is 216 g/mol. The van der Waals surface area contributed by atoms with E-state index in [0.29, 0.717) is 6.04 Å². The quantitative estimate of drug-likeness (QED) is 0.799. The maximum absolute atomic E-state index is 11.2. The lowest BCUT2D eigenvalue weighted by atomic mass is 10.1. The zero-order chi connectivity index (χ0) is 11.7. The minimum atomic E-state index is -0.264. The Morgan fingerprint density at radius 3 is 3.00 bits per heavy atom. The number of aromatic nitrogens is 2. The topological polar surface area (TPSA) is 61.0 Å². The second-order valence-corrected chi connectivity index (χ2v) is 4.99. The molecule has 1 atom stereocenters. The van der Waals surface area contributed by atoms with Gasteiger partial charge in [0.1, 0.15) is 5.82 Å². The number of anilines is 1. The van der Waals surface area contributed by atoms with Crippen LogP contribution in [0.1, 0.15) is 25.7 Å². The summed E-state index contributed by atoms with van der Waals surface area (Å²) in [4.78, 5) is 19.9. The summed E-state index contributed by atoms with van der Waals surface area (Å²) in [6.07, 6.45) is 6.63. The molecule has 17 heavy (non-hydrogen) atoms. The number of piperidine rings is 1. The maximum Gasteiger partial charge on any atom is 0.346 e. The Morgan fingerprint density at radius 2 is 2.24 bits per heavy atom. The largest absolute Gasteiger partial charge is 0.356 e. The van der Waals surface area contributed by atoms with Gasteiger partial charge in [-0.25, -0.2) is 9.78 Å². The van der Waals surface area contributed by atoms with Gasteiger partial charge in [0, 0.05) is 31.4 Å². The highest BCUT2D eigenvalue weighted by Crippen LogP contribution is 2.23. The van der Waals surface area contributed by atoms with Crippen LogP contribution in [0.5, 0.6) is 0 Å². The molecule has 0 bridgehead atoms. The molecule has 0 radical (unpaired) electrons. The van der Waals surface area contributed by atoms with E-state index in [-0.39, 0.29) is 5.69 Å². The first-order valence-electron chi connectivity index (χ1n) is 6.37. The van der Waals surface area contributed by atoms with E-state index >= 15 is 0 Å². The molecule has 1 aromatic heterocycles. The molecule has 0 aromatic carbocycles. The molecule has 0 amide bonds. The smallest absolute Gasteiger partial charge is 0.346 e. The molecule has 1 saturated carbocycles. The minimum Gasteiger partial charge on any atom is -0.356 e. The SMILES string of the molecule is O=c1nccc(N2CCCC(NC3CC3)C2)[nH]1. The third kappa shape index (κ3) is 2.66. The Bertz CT molecular complexity index is 440. The molecule has 1 aromatic rings. The van der Waals surface area contributed by atoms with Crippen LogP contribution in [0.25, 0.3) is 0 Å². The van der Waals surface area contributed by atoms with Crippen LogP contribution in [0.4, 0.5) is 5.82 Å². The Morgan fingerprint density at radius 1 is 1.35 bits per heavy atom. The Kier molecular flexibility index (Phi) is 2.84. The number of aromatic amines is 1. The highest BCUT2D eigenvalue weighted by molar-refractivity contribution is 5.37. The number of nitrogens with one attached hydrogen (secondary N) is 2. The fourth-order valence-electron chi connectivity index (χ4n) is 2.46. The van der Waals surface area contributed by atoms with Crippen molar-refractivity contribution in [3.8, 4) is 0 Å². The van der Waals surface area contributed by atoms with E-state index in [2.05, 4.69) is 20.2 Å². The summed E-state index contributed by atoms with van der Waals surface area (Å²) >= 11 is 0. The van der Waals surface area contributed by atoms with Gasteiger partial charge in [0.15, 0.2) is 0 Å². The molecule has 2 aliphatic rings. The van der Waals surface area contributed by atoms with E-state index in [1.165, 1.54) is 25.7 Å². The second-order valence-electron chi connectivity index (χ2n) is 4.99. The van der Waals surface area contributed by atoms with Crippen molar-refractivity contribution in [3.05, 3.63) is 22.7 Å². The summed E-state index contributed by atoms with van der Waals surface area (Å²) in [7, 11) is 0. The van der Waals surface area contributed by atoms with Gasteiger partial charge < -0.3 is 10.2 Å². The lowest BCUT2D eigenvalue weighted by molar-refractivity contribution is 0.418.